The van der Waals surface area contributed by atoms with E-state index >= 15 is 0 Å². The van der Waals surface area contributed by atoms with Gasteiger partial charge in [0.05, 0.1) is 6.04 Å². The zero-order valence-electron chi connectivity index (χ0n) is 11.1. The first-order valence-corrected chi connectivity index (χ1v) is 7.33. The van der Waals surface area contributed by atoms with Crippen molar-refractivity contribution in [3.8, 4) is 0 Å². The molecule has 1 aromatic carbocycles. The summed E-state index contributed by atoms with van der Waals surface area (Å²) in [5, 5.41) is 10.3. The highest BCUT2D eigenvalue weighted by molar-refractivity contribution is 7.11. The molecular formula is C14H19N3OS. The van der Waals surface area contributed by atoms with Crippen LogP contribution in [0.15, 0.2) is 30.3 Å². The Morgan fingerprint density at radius 1 is 1.26 bits per heavy atom. The van der Waals surface area contributed by atoms with Gasteiger partial charge in [0.15, 0.2) is 0 Å². The lowest BCUT2D eigenvalue weighted by molar-refractivity contribution is 0.145. The molecule has 102 valence electrons. The van der Waals surface area contributed by atoms with Gasteiger partial charge < -0.3 is 10.5 Å². The fourth-order valence-corrected chi connectivity index (χ4v) is 2.68. The van der Waals surface area contributed by atoms with Crippen molar-refractivity contribution in [1.82, 2.24) is 10.2 Å². The van der Waals surface area contributed by atoms with Crippen molar-refractivity contribution in [2.75, 3.05) is 13.2 Å². The van der Waals surface area contributed by atoms with Crippen molar-refractivity contribution in [2.45, 2.75) is 25.8 Å². The number of nitrogens with two attached hydrogens (primary N) is 1. The Labute approximate surface area is 117 Å². The Hall–Kier alpha value is -1.30. The van der Waals surface area contributed by atoms with Crippen LogP contribution >= 0.6 is 11.3 Å². The predicted molar refractivity (Wildman–Crippen MR) is 77.2 cm³/mol. The van der Waals surface area contributed by atoms with Gasteiger partial charge in [-0.1, -0.05) is 41.7 Å². The molecule has 2 rings (SSSR count). The molecule has 0 saturated carbocycles. The van der Waals surface area contributed by atoms with Crippen molar-refractivity contribution in [1.29, 1.82) is 0 Å². The van der Waals surface area contributed by atoms with Gasteiger partial charge >= 0.3 is 0 Å². The average Bonchev–Trinajstić information content (AvgIpc) is 2.92. The summed E-state index contributed by atoms with van der Waals surface area (Å²) >= 11 is 1.59. The van der Waals surface area contributed by atoms with Gasteiger partial charge in [-0.15, -0.1) is 10.2 Å². The summed E-state index contributed by atoms with van der Waals surface area (Å²) in [7, 11) is 0. The van der Waals surface area contributed by atoms with E-state index in [0.29, 0.717) is 0 Å². The van der Waals surface area contributed by atoms with Crippen LogP contribution in [0.2, 0.25) is 0 Å². The Kier molecular flexibility index (Phi) is 5.44. The van der Waals surface area contributed by atoms with Gasteiger partial charge in [-0.2, -0.15) is 0 Å². The number of aromatic nitrogens is 2. The fraction of sp³-hybridized carbons (Fsp3) is 0.429. The molecule has 0 aliphatic rings. The highest BCUT2D eigenvalue weighted by atomic mass is 32.1. The molecule has 4 nitrogen and oxygen atoms in total. The molecule has 1 unspecified atom stereocenters. The minimum absolute atomic E-state index is 0.181. The Morgan fingerprint density at radius 3 is 2.79 bits per heavy atom. The molecule has 0 spiro atoms. The third-order valence-electron chi connectivity index (χ3n) is 2.79. The average molecular weight is 277 g/mol. The molecule has 0 saturated heterocycles. The molecule has 0 bridgehead atoms. The van der Waals surface area contributed by atoms with Crippen molar-refractivity contribution in [2.24, 2.45) is 5.73 Å². The molecule has 0 aliphatic carbocycles. The number of nitrogens with zero attached hydrogens (tertiary/aromatic N) is 2. The van der Waals surface area contributed by atoms with Gasteiger partial charge in [0.1, 0.15) is 10.0 Å². The maximum absolute atomic E-state index is 6.19. The first-order valence-electron chi connectivity index (χ1n) is 6.51. The molecule has 5 heteroatoms. The third kappa shape index (κ3) is 4.09. The van der Waals surface area contributed by atoms with Crippen molar-refractivity contribution < 1.29 is 4.74 Å². The van der Waals surface area contributed by atoms with Gasteiger partial charge in [0.25, 0.3) is 0 Å². The van der Waals surface area contributed by atoms with E-state index < -0.39 is 0 Å². The molecule has 1 heterocycles. The lowest BCUT2D eigenvalue weighted by Crippen LogP contribution is -2.11. The maximum atomic E-state index is 6.19. The van der Waals surface area contributed by atoms with Gasteiger partial charge in [0, 0.05) is 19.6 Å². The van der Waals surface area contributed by atoms with Gasteiger partial charge in [-0.25, -0.2) is 0 Å². The molecule has 0 aliphatic heterocycles. The summed E-state index contributed by atoms with van der Waals surface area (Å²) in [5.41, 5.74) is 7.26. The largest absolute Gasteiger partial charge is 0.382 e. The van der Waals surface area contributed by atoms with E-state index in [1.807, 2.05) is 37.3 Å². The van der Waals surface area contributed by atoms with Crippen LogP contribution in [-0.4, -0.2) is 23.4 Å². The second kappa shape index (κ2) is 7.33. The van der Waals surface area contributed by atoms with Crippen LogP contribution in [-0.2, 0) is 11.2 Å². The standard InChI is InChI=1S/C14H19N3OS/c1-2-18-10-6-9-12-16-17-14(19-12)13(15)11-7-4-3-5-8-11/h3-5,7-8,13H,2,6,9-10,15H2,1H3. The van der Waals surface area contributed by atoms with Crippen LogP contribution in [0.3, 0.4) is 0 Å². The van der Waals surface area contributed by atoms with Gasteiger partial charge in [-0.05, 0) is 18.9 Å². The van der Waals surface area contributed by atoms with E-state index in [2.05, 4.69) is 10.2 Å². The highest BCUT2D eigenvalue weighted by Crippen LogP contribution is 2.23. The van der Waals surface area contributed by atoms with Crippen molar-refractivity contribution in [3.05, 3.63) is 45.9 Å². The van der Waals surface area contributed by atoms with Crippen LogP contribution in [0, 0.1) is 0 Å². The minimum atomic E-state index is -0.181. The number of hydrogen-bond donors (Lipinski definition) is 1. The topological polar surface area (TPSA) is 61.0 Å². The number of benzene rings is 1. The lowest BCUT2D eigenvalue weighted by atomic mass is 10.1. The monoisotopic (exact) mass is 277 g/mol. The van der Waals surface area contributed by atoms with Crippen LogP contribution in [0.25, 0.3) is 0 Å². The molecular weight excluding hydrogens is 258 g/mol. The molecule has 1 atom stereocenters. The molecule has 2 N–H and O–H groups in total. The summed E-state index contributed by atoms with van der Waals surface area (Å²) in [6.07, 6.45) is 1.88. The van der Waals surface area contributed by atoms with E-state index in [-0.39, 0.29) is 6.04 Å². The summed E-state index contributed by atoms with van der Waals surface area (Å²) < 4.78 is 5.31. The van der Waals surface area contributed by atoms with Crippen LogP contribution in [0.4, 0.5) is 0 Å². The normalized spacial score (nSPS) is 12.5. The van der Waals surface area contributed by atoms with Crippen molar-refractivity contribution >= 4 is 11.3 Å². The number of ether oxygens (including phenoxy) is 1. The van der Waals surface area contributed by atoms with Crippen LogP contribution < -0.4 is 5.73 Å². The lowest BCUT2D eigenvalue weighted by Gasteiger charge is -2.06. The van der Waals surface area contributed by atoms with Crippen LogP contribution in [0.5, 0.6) is 0 Å². The Bertz CT molecular complexity index is 486. The predicted octanol–water partition coefficient (Wildman–Crippen LogP) is 2.56. The fourth-order valence-electron chi connectivity index (χ4n) is 1.77. The van der Waals surface area contributed by atoms with E-state index in [9.17, 15) is 0 Å². The van der Waals surface area contributed by atoms with Crippen LogP contribution in [0.1, 0.15) is 35.0 Å². The minimum Gasteiger partial charge on any atom is -0.382 e. The molecule has 0 fully saturated rings. The van der Waals surface area contributed by atoms with Crippen molar-refractivity contribution in [3.63, 3.8) is 0 Å². The third-order valence-corrected chi connectivity index (χ3v) is 3.86. The molecule has 0 radical (unpaired) electrons. The second-order valence-electron chi connectivity index (χ2n) is 4.22. The Morgan fingerprint density at radius 2 is 2.05 bits per heavy atom. The van der Waals surface area contributed by atoms with Gasteiger partial charge in [-0.3, -0.25) is 0 Å². The first kappa shape index (κ1) is 14.1. The molecule has 0 amide bonds. The SMILES string of the molecule is CCOCCCc1nnc(C(N)c2ccccc2)s1. The van der Waals surface area contributed by atoms with E-state index in [4.69, 9.17) is 10.5 Å². The quantitative estimate of drug-likeness (QED) is 0.790. The summed E-state index contributed by atoms with van der Waals surface area (Å²) in [4.78, 5) is 0. The maximum Gasteiger partial charge on any atom is 0.138 e. The molecule has 1 aromatic heterocycles. The molecule has 19 heavy (non-hydrogen) atoms. The second-order valence-corrected chi connectivity index (χ2v) is 5.32. The highest BCUT2D eigenvalue weighted by Gasteiger charge is 2.14. The first-order chi connectivity index (χ1) is 9.31. The summed E-state index contributed by atoms with van der Waals surface area (Å²) in [5.74, 6) is 0. The molecule has 2 aromatic rings. The van der Waals surface area contributed by atoms with Gasteiger partial charge in [0.2, 0.25) is 0 Å². The van der Waals surface area contributed by atoms with E-state index in [1.54, 1.807) is 11.3 Å². The number of rotatable bonds is 7. The zero-order valence-corrected chi connectivity index (χ0v) is 11.9. The summed E-state index contributed by atoms with van der Waals surface area (Å²) in [6, 6.07) is 9.80. The number of aryl methyl sites for hydroxylation is 1. The smallest absolute Gasteiger partial charge is 0.138 e. The zero-order chi connectivity index (χ0) is 13.5. The Balaban J connectivity index is 1.93. The van der Waals surface area contributed by atoms with E-state index in [0.717, 1.165) is 41.6 Å². The number of hydrogen-bond acceptors (Lipinski definition) is 5. The van der Waals surface area contributed by atoms with E-state index in [1.165, 1.54) is 0 Å². The summed E-state index contributed by atoms with van der Waals surface area (Å²) in [6.45, 7) is 3.54.